The Morgan fingerprint density at radius 1 is 1.25 bits per heavy atom. The van der Waals surface area contributed by atoms with E-state index >= 15 is 0 Å². The van der Waals surface area contributed by atoms with Gasteiger partial charge in [0.2, 0.25) is 0 Å². The number of hydrogen-bond acceptors (Lipinski definition) is 5. The van der Waals surface area contributed by atoms with Crippen molar-refractivity contribution in [1.29, 1.82) is 0 Å². The Bertz CT molecular complexity index is 1210. The molecule has 0 saturated carbocycles. The Hall–Kier alpha value is -2.61. The molecule has 1 atom stereocenters. The smallest absolute Gasteiger partial charge is 0.266 e. The minimum Gasteiger partial charge on any atom is -0.495 e. The first kappa shape index (κ1) is 22.6. The Balaban J connectivity index is 1.81. The van der Waals surface area contributed by atoms with E-state index in [1.54, 1.807) is 16.7 Å². The summed E-state index contributed by atoms with van der Waals surface area (Å²) in [6.45, 7) is 4.05. The summed E-state index contributed by atoms with van der Waals surface area (Å²) >= 11 is 13.2. The van der Waals surface area contributed by atoms with Crippen LogP contribution in [0, 0.1) is 0 Å². The lowest BCUT2D eigenvalue weighted by Crippen LogP contribution is -2.36. The van der Waals surface area contributed by atoms with Crippen molar-refractivity contribution in [2.75, 3.05) is 7.11 Å². The van der Waals surface area contributed by atoms with Gasteiger partial charge >= 0.3 is 0 Å². The van der Waals surface area contributed by atoms with E-state index in [9.17, 15) is 4.79 Å². The van der Waals surface area contributed by atoms with Gasteiger partial charge in [0.05, 0.1) is 22.7 Å². The molecule has 164 valence electrons. The van der Waals surface area contributed by atoms with E-state index in [4.69, 9.17) is 33.7 Å². The third-order valence-corrected chi connectivity index (χ3v) is 6.96. The average Bonchev–Trinajstić information content (AvgIpc) is 3.34. The molecule has 3 aromatic rings. The average molecular weight is 484 g/mol. The van der Waals surface area contributed by atoms with E-state index < -0.39 is 0 Å². The lowest BCUT2D eigenvalue weighted by Gasteiger charge is -2.21. The standard InChI is InChI=1S/C24H22ClN3O2S2/c1-4-15(2)28-23(29)21(32-24(28)31)13-17-14-27(18-8-6-5-7-9-18)26-22(17)16-10-11-20(30-3)19(25)12-16/h5-15H,4H2,1-3H3/b21-13-/t15-/m1/s1. The highest BCUT2D eigenvalue weighted by Crippen LogP contribution is 2.37. The predicted molar refractivity (Wildman–Crippen MR) is 135 cm³/mol. The second-order valence-electron chi connectivity index (χ2n) is 7.37. The van der Waals surface area contributed by atoms with E-state index in [2.05, 4.69) is 0 Å². The quantitative estimate of drug-likeness (QED) is 0.308. The van der Waals surface area contributed by atoms with E-state index in [0.717, 1.165) is 23.2 Å². The van der Waals surface area contributed by atoms with Crippen LogP contribution in [0.1, 0.15) is 25.8 Å². The number of amides is 1. The fourth-order valence-electron chi connectivity index (χ4n) is 3.43. The topological polar surface area (TPSA) is 47.4 Å². The number of aromatic nitrogens is 2. The summed E-state index contributed by atoms with van der Waals surface area (Å²) in [5.74, 6) is 0.523. The summed E-state index contributed by atoms with van der Waals surface area (Å²) in [5, 5.41) is 5.30. The lowest BCUT2D eigenvalue weighted by molar-refractivity contribution is -0.123. The Kier molecular flexibility index (Phi) is 6.69. The van der Waals surface area contributed by atoms with Gasteiger partial charge in [-0.25, -0.2) is 4.68 Å². The Morgan fingerprint density at radius 3 is 2.66 bits per heavy atom. The molecule has 2 heterocycles. The third kappa shape index (κ3) is 4.33. The first-order chi connectivity index (χ1) is 15.4. The number of rotatable bonds is 6. The number of para-hydroxylation sites is 1. The molecule has 0 radical (unpaired) electrons. The van der Waals surface area contributed by atoms with Crippen LogP contribution in [0.5, 0.6) is 5.75 Å². The van der Waals surface area contributed by atoms with Crippen LogP contribution in [0.2, 0.25) is 5.02 Å². The fraction of sp³-hybridized carbons (Fsp3) is 0.208. The number of methoxy groups -OCH3 is 1. The molecule has 1 fully saturated rings. The summed E-state index contributed by atoms with van der Waals surface area (Å²) in [4.78, 5) is 15.3. The zero-order valence-electron chi connectivity index (χ0n) is 17.9. The van der Waals surface area contributed by atoms with Crippen molar-refractivity contribution in [2.24, 2.45) is 0 Å². The van der Waals surface area contributed by atoms with Gasteiger partial charge in [-0.3, -0.25) is 9.69 Å². The highest BCUT2D eigenvalue weighted by Gasteiger charge is 2.35. The molecule has 1 aromatic heterocycles. The van der Waals surface area contributed by atoms with Crippen LogP contribution in [0.15, 0.2) is 59.6 Å². The van der Waals surface area contributed by atoms with Crippen LogP contribution in [0.4, 0.5) is 0 Å². The molecule has 5 nitrogen and oxygen atoms in total. The molecule has 1 aliphatic rings. The molecule has 32 heavy (non-hydrogen) atoms. The number of thioether (sulfide) groups is 1. The molecule has 8 heteroatoms. The van der Waals surface area contributed by atoms with E-state index in [1.807, 2.05) is 74.7 Å². The Morgan fingerprint density at radius 2 is 2.00 bits per heavy atom. The van der Waals surface area contributed by atoms with Crippen molar-refractivity contribution >= 4 is 51.9 Å². The maximum atomic E-state index is 13.1. The summed E-state index contributed by atoms with van der Waals surface area (Å²) in [6.07, 6.45) is 4.61. The molecule has 0 N–H and O–H groups in total. The van der Waals surface area contributed by atoms with Crippen LogP contribution in [-0.4, -0.2) is 38.1 Å². The number of ether oxygens (including phenoxy) is 1. The van der Waals surface area contributed by atoms with Crippen LogP contribution in [-0.2, 0) is 4.79 Å². The second-order valence-corrected chi connectivity index (χ2v) is 9.45. The van der Waals surface area contributed by atoms with Crippen molar-refractivity contribution in [3.63, 3.8) is 0 Å². The minimum absolute atomic E-state index is 0.0558. The number of carbonyl (C=O) groups excluding carboxylic acids is 1. The number of thiocarbonyl (C=S) groups is 1. The van der Waals surface area contributed by atoms with Gasteiger partial charge in [-0.2, -0.15) is 5.10 Å². The molecule has 0 aliphatic carbocycles. The number of halogens is 1. The van der Waals surface area contributed by atoms with Crippen LogP contribution >= 0.6 is 35.6 Å². The van der Waals surface area contributed by atoms with E-state index in [-0.39, 0.29) is 11.9 Å². The fourth-order valence-corrected chi connectivity index (χ4v) is 5.14. The second kappa shape index (κ2) is 9.48. The van der Waals surface area contributed by atoms with Gasteiger partial charge in [-0.05, 0) is 49.8 Å². The molecular formula is C24H22ClN3O2S2. The van der Waals surface area contributed by atoms with Crippen molar-refractivity contribution in [3.8, 4) is 22.7 Å². The summed E-state index contributed by atoms with van der Waals surface area (Å²) < 4.78 is 7.67. The molecule has 1 saturated heterocycles. The molecule has 1 amide bonds. The molecular weight excluding hydrogens is 462 g/mol. The largest absolute Gasteiger partial charge is 0.495 e. The zero-order valence-corrected chi connectivity index (χ0v) is 20.3. The SMILES string of the molecule is CC[C@@H](C)N1C(=O)/C(=C/c2cn(-c3ccccc3)nc2-c2ccc(OC)c(Cl)c2)SC1=S. The molecule has 0 spiro atoms. The number of nitrogens with zero attached hydrogens (tertiary/aromatic N) is 3. The van der Waals surface area contributed by atoms with Crippen molar-refractivity contribution in [1.82, 2.24) is 14.7 Å². The zero-order chi connectivity index (χ0) is 22.8. The summed E-state index contributed by atoms with van der Waals surface area (Å²) in [5.41, 5.74) is 3.27. The molecule has 2 aromatic carbocycles. The van der Waals surface area contributed by atoms with Crippen molar-refractivity contribution < 1.29 is 9.53 Å². The normalized spacial score (nSPS) is 16.1. The highest BCUT2D eigenvalue weighted by atomic mass is 35.5. The van der Waals surface area contributed by atoms with Gasteiger partial charge in [0.1, 0.15) is 15.8 Å². The molecule has 0 unspecified atom stereocenters. The highest BCUT2D eigenvalue weighted by molar-refractivity contribution is 8.26. The van der Waals surface area contributed by atoms with Crippen LogP contribution in [0.25, 0.3) is 23.0 Å². The molecule has 0 bridgehead atoms. The third-order valence-electron chi connectivity index (χ3n) is 5.33. The van der Waals surface area contributed by atoms with Crippen LogP contribution in [0.3, 0.4) is 0 Å². The molecule has 1 aliphatic heterocycles. The maximum absolute atomic E-state index is 13.1. The summed E-state index contributed by atoms with van der Waals surface area (Å²) in [7, 11) is 1.58. The van der Waals surface area contributed by atoms with Gasteiger partial charge in [0, 0.05) is 23.4 Å². The van der Waals surface area contributed by atoms with Gasteiger partial charge < -0.3 is 4.74 Å². The first-order valence-corrected chi connectivity index (χ1v) is 11.8. The van der Waals surface area contributed by atoms with Crippen LogP contribution < -0.4 is 4.74 Å². The monoisotopic (exact) mass is 483 g/mol. The maximum Gasteiger partial charge on any atom is 0.266 e. The number of benzene rings is 2. The summed E-state index contributed by atoms with van der Waals surface area (Å²) in [6, 6.07) is 15.4. The van der Waals surface area contributed by atoms with Crippen molar-refractivity contribution in [3.05, 3.63) is 70.2 Å². The van der Waals surface area contributed by atoms with Gasteiger partial charge in [0.25, 0.3) is 5.91 Å². The Labute approximate surface area is 202 Å². The van der Waals surface area contributed by atoms with Crippen molar-refractivity contribution in [2.45, 2.75) is 26.3 Å². The number of carbonyl (C=O) groups is 1. The van der Waals surface area contributed by atoms with Gasteiger partial charge in [-0.1, -0.05) is 60.7 Å². The number of hydrogen-bond donors (Lipinski definition) is 0. The minimum atomic E-state index is -0.0690. The lowest BCUT2D eigenvalue weighted by atomic mass is 10.1. The predicted octanol–water partition coefficient (Wildman–Crippen LogP) is 6.20. The molecule has 4 rings (SSSR count). The van der Waals surface area contributed by atoms with E-state index in [1.165, 1.54) is 11.8 Å². The van der Waals surface area contributed by atoms with Gasteiger partial charge in [-0.15, -0.1) is 0 Å². The van der Waals surface area contributed by atoms with E-state index in [0.29, 0.717) is 25.7 Å². The first-order valence-electron chi connectivity index (χ1n) is 10.2. The van der Waals surface area contributed by atoms with Gasteiger partial charge in [0.15, 0.2) is 0 Å².